The minimum Gasteiger partial charge on any atom is -0.335 e. The smallest absolute Gasteiger partial charge is 0.131 e. The summed E-state index contributed by atoms with van der Waals surface area (Å²) in [6, 6.07) is 0. The number of nitrogens with zero attached hydrogens (tertiary/aromatic N) is 3. The van der Waals surface area contributed by atoms with Gasteiger partial charge in [-0.2, -0.15) is 5.10 Å². The number of allylic oxidation sites excluding steroid dienone is 1. The molecular weight excluding hydrogens is 162 g/mol. The van der Waals surface area contributed by atoms with Gasteiger partial charge in [-0.25, -0.2) is 0 Å². The first kappa shape index (κ1) is 8.48. The normalized spacial score (nSPS) is 29.2. The van der Waals surface area contributed by atoms with Crippen molar-refractivity contribution in [2.75, 3.05) is 6.54 Å². The Morgan fingerprint density at radius 3 is 3.23 bits per heavy atom. The summed E-state index contributed by atoms with van der Waals surface area (Å²) in [6.07, 6.45) is 11.9. The molecule has 0 bridgehead atoms. The number of fused-ring (bicyclic) bond motifs is 1. The Balaban J connectivity index is 2.14. The molecule has 0 atom stereocenters. The quantitative estimate of drug-likeness (QED) is 0.557. The van der Waals surface area contributed by atoms with Gasteiger partial charge in [0, 0.05) is 25.4 Å². The summed E-state index contributed by atoms with van der Waals surface area (Å²) >= 11 is 0. The first-order chi connectivity index (χ1) is 6.47. The van der Waals surface area contributed by atoms with E-state index in [9.17, 15) is 0 Å². The Morgan fingerprint density at radius 2 is 2.23 bits per heavy atom. The number of rotatable bonds is 0. The summed E-state index contributed by atoms with van der Waals surface area (Å²) in [5.41, 5.74) is 0. The standard InChI is InChI=1S/C10H15N3/c1-3-7-11-12-10-6-2-5-9-13(10)8-4-1/h5,7,9H,1-4,6,8H2/b11-7+,12-10+. The lowest BCUT2D eigenvalue weighted by Gasteiger charge is -2.23. The van der Waals surface area contributed by atoms with Crippen LogP contribution < -0.4 is 0 Å². The van der Waals surface area contributed by atoms with Crippen LogP contribution in [-0.2, 0) is 0 Å². The van der Waals surface area contributed by atoms with Crippen LogP contribution in [0.4, 0.5) is 0 Å². The highest BCUT2D eigenvalue weighted by molar-refractivity contribution is 5.84. The van der Waals surface area contributed by atoms with E-state index in [0.29, 0.717) is 0 Å². The fourth-order valence-electron chi connectivity index (χ4n) is 1.64. The highest BCUT2D eigenvalue weighted by Gasteiger charge is 2.11. The Hall–Kier alpha value is -1.12. The van der Waals surface area contributed by atoms with Crippen LogP contribution >= 0.6 is 0 Å². The van der Waals surface area contributed by atoms with Crippen LogP contribution in [0.5, 0.6) is 0 Å². The maximum absolute atomic E-state index is 4.23. The second kappa shape index (κ2) is 4.21. The van der Waals surface area contributed by atoms with Crippen LogP contribution in [0, 0.1) is 0 Å². The first-order valence-corrected chi connectivity index (χ1v) is 4.98. The molecule has 0 fully saturated rings. The predicted molar refractivity (Wildman–Crippen MR) is 54.9 cm³/mol. The molecule has 0 aromatic carbocycles. The van der Waals surface area contributed by atoms with E-state index in [1.165, 1.54) is 12.8 Å². The minimum atomic E-state index is 1.04. The Morgan fingerprint density at radius 1 is 1.23 bits per heavy atom. The first-order valence-electron chi connectivity index (χ1n) is 4.98. The van der Waals surface area contributed by atoms with Crippen LogP contribution in [-0.4, -0.2) is 23.5 Å². The number of hydrogen-bond acceptors (Lipinski definition) is 3. The van der Waals surface area contributed by atoms with Gasteiger partial charge in [0.1, 0.15) is 5.84 Å². The van der Waals surface area contributed by atoms with Crippen molar-refractivity contribution < 1.29 is 0 Å². The Labute approximate surface area is 78.8 Å². The monoisotopic (exact) mass is 177 g/mol. The zero-order chi connectivity index (χ0) is 8.93. The second-order valence-corrected chi connectivity index (χ2v) is 3.43. The minimum absolute atomic E-state index is 1.04. The van der Waals surface area contributed by atoms with E-state index in [0.717, 1.165) is 31.6 Å². The zero-order valence-corrected chi connectivity index (χ0v) is 7.82. The molecule has 0 radical (unpaired) electrons. The fraction of sp³-hybridized carbons (Fsp3) is 0.600. The van der Waals surface area contributed by atoms with E-state index in [4.69, 9.17) is 0 Å². The lowest BCUT2D eigenvalue weighted by molar-refractivity contribution is 0.502. The summed E-state index contributed by atoms with van der Waals surface area (Å²) in [7, 11) is 0. The lowest BCUT2D eigenvalue weighted by atomic mass is 10.2. The van der Waals surface area contributed by atoms with E-state index >= 15 is 0 Å². The van der Waals surface area contributed by atoms with E-state index in [2.05, 4.69) is 27.4 Å². The van der Waals surface area contributed by atoms with Gasteiger partial charge in [0.05, 0.1) is 0 Å². The molecular formula is C10H15N3. The van der Waals surface area contributed by atoms with Crippen molar-refractivity contribution in [3.05, 3.63) is 12.3 Å². The second-order valence-electron chi connectivity index (χ2n) is 3.43. The van der Waals surface area contributed by atoms with Gasteiger partial charge in [-0.3, -0.25) is 0 Å². The lowest BCUT2D eigenvalue weighted by Crippen LogP contribution is -2.28. The molecule has 13 heavy (non-hydrogen) atoms. The summed E-state index contributed by atoms with van der Waals surface area (Å²) in [5.74, 6) is 1.13. The average molecular weight is 177 g/mol. The van der Waals surface area contributed by atoms with Gasteiger partial charge < -0.3 is 4.90 Å². The van der Waals surface area contributed by atoms with Crippen molar-refractivity contribution >= 4 is 12.1 Å². The molecule has 2 aliphatic rings. The molecule has 0 aromatic heterocycles. The van der Waals surface area contributed by atoms with Gasteiger partial charge in [0.15, 0.2) is 0 Å². The van der Waals surface area contributed by atoms with Crippen molar-refractivity contribution in [1.29, 1.82) is 0 Å². The van der Waals surface area contributed by atoms with E-state index < -0.39 is 0 Å². The molecule has 0 saturated carbocycles. The van der Waals surface area contributed by atoms with Crippen molar-refractivity contribution in [3.8, 4) is 0 Å². The van der Waals surface area contributed by atoms with Gasteiger partial charge in [0.2, 0.25) is 0 Å². The third-order valence-corrected chi connectivity index (χ3v) is 2.39. The molecule has 0 aliphatic carbocycles. The third kappa shape index (κ3) is 2.17. The van der Waals surface area contributed by atoms with Crippen LogP contribution in [0.15, 0.2) is 22.5 Å². The average Bonchev–Trinajstić information content (AvgIpc) is 2.28. The van der Waals surface area contributed by atoms with Crippen molar-refractivity contribution in [3.63, 3.8) is 0 Å². The van der Waals surface area contributed by atoms with Crippen molar-refractivity contribution in [2.24, 2.45) is 10.2 Å². The summed E-state index contributed by atoms with van der Waals surface area (Å²) < 4.78 is 0. The largest absolute Gasteiger partial charge is 0.335 e. The van der Waals surface area contributed by atoms with Crippen LogP contribution in [0.2, 0.25) is 0 Å². The summed E-state index contributed by atoms with van der Waals surface area (Å²) in [5, 5.41) is 8.29. The fourth-order valence-corrected chi connectivity index (χ4v) is 1.64. The molecule has 2 heterocycles. The molecule has 3 nitrogen and oxygen atoms in total. The number of hydrogen-bond donors (Lipinski definition) is 0. The maximum atomic E-state index is 4.23. The van der Waals surface area contributed by atoms with Crippen molar-refractivity contribution in [2.45, 2.75) is 32.1 Å². The summed E-state index contributed by atoms with van der Waals surface area (Å²) in [4.78, 5) is 2.23. The molecule has 0 aromatic rings. The Bertz CT molecular complexity index is 253. The molecule has 2 aliphatic heterocycles. The zero-order valence-electron chi connectivity index (χ0n) is 7.82. The molecule has 0 spiro atoms. The molecule has 0 amide bonds. The topological polar surface area (TPSA) is 28.0 Å². The molecule has 0 N–H and O–H groups in total. The molecule has 0 saturated heterocycles. The predicted octanol–water partition coefficient (Wildman–Crippen LogP) is 2.16. The van der Waals surface area contributed by atoms with Gasteiger partial charge in [0.25, 0.3) is 0 Å². The maximum Gasteiger partial charge on any atom is 0.131 e. The third-order valence-electron chi connectivity index (χ3n) is 2.39. The molecule has 70 valence electrons. The molecule has 2 rings (SSSR count). The molecule has 3 heteroatoms. The Kier molecular flexibility index (Phi) is 2.75. The van der Waals surface area contributed by atoms with Gasteiger partial charge in [-0.05, 0) is 25.7 Å². The van der Waals surface area contributed by atoms with Gasteiger partial charge in [-0.1, -0.05) is 6.08 Å². The van der Waals surface area contributed by atoms with Crippen LogP contribution in [0.25, 0.3) is 0 Å². The number of amidine groups is 1. The highest BCUT2D eigenvalue weighted by atomic mass is 15.3. The van der Waals surface area contributed by atoms with Gasteiger partial charge >= 0.3 is 0 Å². The van der Waals surface area contributed by atoms with Crippen LogP contribution in [0.1, 0.15) is 32.1 Å². The van der Waals surface area contributed by atoms with E-state index in [1.54, 1.807) is 0 Å². The molecule has 0 unspecified atom stereocenters. The van der Waals surface area contributed by atoms with Crippen molar-refractivity contribution in [1.82, 2.24) is 4.90 Å². The summed E-state index contributed by atoms with van der Waals surface area (Å²) in [6.45, 7) is 1.10. The van der Waals surface area contributed by atoms with E-state index in [1.807, 2.05) is 6.21 Å². The van der Waals surface area contributed by atoms with Gasteiger partial charge in [-0.15, -0.1) is 5.10 Å². The SMILES string of the molecule is C1=CN2CCCC/C=N/N=C/2CC1. The van der Waals surface area contributed by atoms with Crippen LogP contribution in [0.3, 0.4) is 0 Å². The van der Waals surface area contributed by atoms with E-state index in [-0.39, 0.29) is 0 Å². The highest BCUT2D eigenvalue weighted by Crippen LogP contribution is 2.12.